The summed E-state index contributed by atoms with van der Waals surface area (Å²) < 4.78 is 0. The Hall–Kier alpha value is -2.28. The highest BCUT2D eigenvalue weighted by molar-refractivity contribution is 7.09. The van der Waals surface area contributed by atoms with Crippen LogP contribution in [-0.4, -0.2) is 25.6 Å². The molecule has 2 heterocycles. The molecule has 1 unspecified atom stereocenters. The summed E-state index contributed by atoms with van der Waals surface area (Å²) in [7, 11) is 0. The van der Waals surface area contributed by atoms with E-state index in [9.17, 15) is 0 Å². The van der Waals surface area contributed by atoms with E-state index >= 15 is 0 Å². The Kier molecular flexibility index (Phi) is 3.42. The van der Waals surface area contributed by atoms with Gasteiger partial charge in [-0.2, -0.15) is 5.21 Å². The topological polar surface area (TPSA) is 79.4 Å². The number of H-pyrrole nitrogens is 1. The van der Waals surface area contributed by atoms with Crippen molar-refractivity contribution in [2.45, 2.75) is 19.9 Å². The number of nitrogens with zero attached hydrogens (tertiary/aromatic N) is 4. The molecular formula is C13H14N6S. The highest BCUT2D eigenvalue weighted by Gasteiger charge is 2.11. The second kappa shape index (κ2) is 5.38. The second-order valence-corrected chi connectivity index (χ2v) is 5.37. The van der Waals surface area contributed by atoms with Gasteiger partial charge in [0.1, 0.15) is 0 Å². The van der Waals surface area contributed by atoms with Gasteiger partial charge in [0.15, 0.2) is 0 Å². The molecular weight excluding hydrogens is 272 g/mol. The zero-order valence-electron chi connectivity index (χ0n) is 11.2. The number of benzene rings is 1. The van der Waals surface area contributed by atoms with Gasteiger partial charge in [-0.05, 0) is 31.2 Å². The number of tetrazole rings is 1. The summed E-state index contributed by atoms with van der Waals surface area (Å²) in [5, 5.41) is 17.5. The summed E-state index contributed by atoms with van der Waals surface area (Å²) >= 11 is 1.67. The van der Waals surface area contributed by atoms with Gasteiger partial charge in [-0.1, -0.05) is 12.1 Å². The molecule has 0 spiro atoms. The van der Waals surface area contributed by atoms with Crippen LogP contribution in [-0.2, 0) is 0 Å². The van der Waals surface area contributed by atoms with Crippen molar-refractivity contribution < 1.29 is 0 Å². The Labute approximate surface area is 120 Å². The zero-order chi connectivity index (χ0) is 13.9. The average Bonchev–Trinajstić information content (AvgIpc) is 3.09. The lowest BCUT2D eigenvalue weighted by atomic mass is 10.1. The molecule has 0 amide bonds. The van der Waals surface area contributed by atoms with E-state index in [-0.39, 0.29) is 6.04 Å². The number of thiazole rings is 1. The summed E-state index contributed by atoms with van der Waals surface area (Å²) in [6, 6.07) is 8.18. The number of aromatic amines is 1. The first-order valence-corrected chi connectivity index (χ1v) is 7.12. The average molecular weight is 286 g/mol. The minimum atomic E-state index is 0.211. The number of aryl methyl sites for hydroxylation is 1. The predicted molar refractivity (Wildman–Crippen MR) is 78.5 cm³/mol. The van der Waals surface area contributed by atoms with Crippen LogP contribution in [0.5, 0.6) is 0 Å². The first kappa shape index (κ1) is 12.7. The predicted octanol–water partition coefficient (Wildman–Crippen LogP) is 2.80. The van der Waals surface area contributed by atoms with Crippen LogP contribution in [0, 0.1) is 6.92 Å². The molecule has 0 saturated carbocycles. The van der Waals surface area contributed by atoms with Crippen LogP contribution in [0.3, 0.4) is 0 Å². The van der Waals surface area contributed by atoms with Crippen molar-refractivity contribution in [3.8, 4) is 11.4 Å². The quantitative estimate of drug-likeness (QED) is 0.771. The van der Waals surface area contributed by atoms with E-state index in [1.165, 1.54) is 4.88 Å². The minimum Gasteiger partial charge on any atom is -0.378 e. The lowest BCUT2D eigenvalue weighted by Crippen LogP contribution is -2.06. The molecule has 1 aromatic carbocycles. The largest absolute Gasteiger partial charge is 0.378 e. The Morgan fingerprint density at radius 1 is 1.35 bits per heavy atom. The van der Waals surface area contributed by atoms with Crippen molar-refractivity contribution in [1.82, 2.24) is 25.6 Å². The molecule has 0 radical (unpaired) electrons. The monoisotopic (exact) mass is 286 g/mol. The maximum absolute atomic E-state index is 4.28. The third-order valence-electron chi connectivity index (χ3n) is 3.03. The minimum absolute atomic E-state index is 0.211. The fourth-order valence-electron chi connectivity index (χ4n) is 2.07. The normalized spacial score (nSPS) is 12.3. The summed E-state index contributed by atoms with van der Waals surface area (Å²) in [5.41, 5.74) is 4.90. The van der Waals surface area contributed by atoms with Crippen molar-refractivity contribution >= 4 is 17.0 Å². The first-order valence-electron chi connectivity index (χ1n) is 6.24. The fraction of sp³-hybridized carbons (Fsp3) is 0.231. The summed E-state index contributed by atoms with van der Waals surface area (Å²) in [6.07, 6.45) is 0. The highest BCUT2D eigenvalue weighted by Crippen LogP contribution is 2.26. The Morgan fingerprint density at radius 3 is 2.95 bits per heavy atom. The van der Waals surface area contributed by atoms with Gasteiger partial charge in [-0.15, -0.1) is 21.5 Å². The van der Waals surface area contributed by atoms with Crippen molar-refractivity contribution in [2.24, 2.45) is 0 Å². The maximum atomic E-state index is 4.28. The smallest absolute Gasteiger partial charge is 0.204 e. The standard InChI is InChI=1S/C13H14N6S/c1-8-12(20-7-14-8)9(2)15-11-5-3-4-10(6-11)13-16-18-19-17-13/h3-7,9,15H,1-2H3,(H,16,17,18,19). The van der Waals surface area contributed by atoms with Crippen LogP contribution < -0.4 is 5.32 Å². The number of nitrogens with one attached hydrogen (secondary N) is 2. The van der Waals surface area contributed by atoms with Gasteiger partial charge < -0.3 is 5.32 Å². The number of hydrogen-bond acceptors (Lipinski definition) is 6. The first-order chi connectivity index (χ1) is 9.74. The molecule has 1 atom stereocenters. The van der Waals surface area contributed by atoms with Crippen LogP contribution in [0.2, 0.25) is 0 Å². The Bertz CT molecular complexity index is 690. The van der Waals surface area contributed by atoms with Gasteiger partial charge in [-0.3, -0.25) is 0 Å². The third-order valence-corrected chi connectivity index (χ3v) is 4.14. The Morgan fingerprint density at radius 2 is 2.25 bits per heavy atom. The molecule has 0 fully saturated rings. The summed E-state index contributed by atoms with van der Waals surface area (Å²) in [5.74, 6) is 0.593. The highest BCUT2D eigenvalue weighted by atomic mass is 32.1. The maximum Gasteiger partial charge on any atom is 0.204 e. The van der Waals surface area contributed by atoms with Gasteiger partial charge in [0.2, 0.25) is 5.82 Å². The van der Waals surface area contributed by atoms with Crippen molar-refractivity contribution in [1.29, 1.82) is 0 Å². The summed E-state index contributed by atoms with van der Waals surface area (Å²) in [4.78, 5) is 5.53. The molecule has 6 nitrogen and oxygen atoms in total. The van der Waals surface area contributed by atoms with Crippen LogP contribution in [0.4, 0.5) is 5.69 Å². The van der Waals surface area contributed by atoms with Crippen LogP contribution in [0.25, 0.3) is 11.4 Å². The van der Waals surface area contributed by atoms with Gasteiger partial charge in [0.05, 0.1) is 17.2 Å². The molecule has 3 aromatic rings. The van der Waals surface area contributed by atoms with Crippen LogP contribution in [0.15, 0.2) is 29.8 Å². The molecule has 0 aliphatic rings. The molecule has 0 saturated heterocycles. The van der Waals surface area contributed by atoms with E-state index in [4.69, 9.17) is 0 Å². The lowest BCUT2D eigenvalue weighted by Gasteiger charge is -2.14. The molecule has 7 heteroatoms. The van der Waals surface area contributed by atoms with E-state index in [0.29, 0.717) is 5.82 Å². The molecule has 2 N–H and O–H groups in total. The van der Waals surface area contributed by atoms with Gasteiger partial charge in [0, 0.05) is 16.1 Å². The molecule has 0 aliphatic carbocycles. The molecule has 20 heavy (non-hydrogen) atoms. The molecule has 0 bridgehead atoms. The molecule has 2 aromatic heterocycles. The van der Waals surface area contributed by atoms with E-state index in [1.54, 1.807) is 11.3 Å². The fourth-order valence-corrected chi connectivity index (χ4v) is 2.88. The number of rotatable bonds is 4. The van der Waals surface area contributed by atoms with E-state index in [2.05, 4.69) is 37.8 Å². The molecule has 3 rings (SSSR count). The molecule has 102 valence electrons. The summed E-state index contributed by atoms with van der Waals surface area (Å²) in [6.45, 7) is 4.15. The van der Waals surface area contributed by atoms with E-state index in [0.717, 1.165) is 16.9 Å². The van der Waals surface area contributed by atoms with Crippen molar-refractivity contribution in [3.63, 3.8) is 0 Å². The SMILES string of the molecule is Cc1ncsc1C(C)Nc1cccc(-c2nn[nH]n2)c1. The van der Waals surface area contributed by atoms with Gasteiger partial charge >= 0.3 is 0 Å². The Balaban J connectivity index is 1.81. The lowest BCUT2D eigenvalue weighted by molar-refractivity contribution is 0.881. The van der Waals surface area contributed by atoms with E-state index in [1.807, 2.05) is 36.7 Å². The van der Waals surface area contributed by atoms with Crippen molar-refractivity contribution in [3.05, 3.63) is 40.3 Å². The van der Waals surface area contributed by atoms with Crippen LogP contribution >= 0.6 is 11.3 Å². The molecule has 0 aliphatic heterocycles. The number of anilines is 1. The van der Waals surface area contributed by atoms with Crippen molar-refractivity contribution in [2.75, 3.05) is 5.32 Å². The number of hydrogen-bond donors (Lipinski definition) is 2. The zero-order valence-corrected chi connectivity index (χ0v) is 12.0. The van der Waals surface area contributed by atoms with E-state index < -0.39 is 0 Å². The van der Waals surface area contributed by atoms with Crippen LogP contribution in [0.1, 0.15) is 23.5 Å². The van der Waals surface area contributed by atoms with Gasteiger partial charge in [-0.25, -0.2) is 4.98 Å². The third kappa shape index (κ3) is 2.53. The number of aromatic nitrogens is 5. The van der Waals surface area contributed by atoms with Gasteiger partial charge in [0.25, 0.3) is 0 Å². The second-order valence-electron chi connectivity index (χ2n) is 4.48.